The van der Waals surface area contributed by atoms with Gasteiger partial charge < -0.3 is 0 Å². The van der Waals surface area contributed by atoms with Crippen LogP contribution >= 0.6 is 15.9 Å². The first kappa shape index (κ1) is 13.8. The lowest BCUT2D eigenvalue weighted by Crippen LogP contribution is -1.94. The number of rotatable bonds is 1. The van der Waals surface area contributed by atoms with Crippen LogP contribution in [0.15, 0.2) is 83.5 Å². The third-order valence-electron chi connectivity index (χ3n) is 4.48. The van der Waals surface area contributed by atoms with Gasteiger partial charge in [0.15, 0.2) is 0 Å². The molecule has 0 aliphatic heterocycles. The van der Waals surface area contributed by atoms with E-state index in [1.165, 1.54) is 27.1 Å². The van der Waals surface area contributed by atoms with Crippen molar-refractivity contribution in [2.45, 2.75) is 0 Å². The molecule has 0 bridgehead atoms. The van der Waals surface area contributed by atoms with Crippen molar-refractivity contribution in [3.8, 4) is 5.69 Å². The fourth-order valence-corrected chi connectivity index (χ4v) is 3.88. The Bertz CT molecular complexity index is 1220. The zero-order valence-corrected chi connectivity index (χ0v) is 14.4. The third-order valence-corrected chi connectivity index (χ3v) is 4.98. The highest BCUT2D eigenvalue weighted by Gasteiger charge is 2.15. The quantitative estimate of drug-likeness (QED) is 0.347. The molecule has 114 valence electrons. The van der Waals surface area contributed by atoms with Crippen LogP contribution in [-0.2, 0) is 0 Å². The van der Waals surface area contributed by atoms with Crippen LogP contribution in [0.3, 0.4) is 0 Å². The first-order chi connectivity index (χ1) is 11.8. The van der Waals surface area contributed by atoms with Gasteiger partial charge in [0.05, 0.1) is 5.52 Å². The zero-order chi connectivity index (χ0) is 16.1. The third kappa shape index (κ3) is 1.91. The van der Waals surface area contributed by atoms with E-state index in [4.69, 9.17) is 0 Å². The first-order valence-corrected chi connectivity index (χ1v) is 8.65. The van der Waals surface area contributed by atoms with E-state index in [9.17, 15) is 0 Å². The van der Waals surface area contributed by atoms with E-state index in [-0.39, 0.29) is 0 Å². The second kappa shape index (κ2) is 5.18. The second-order valence-corrected chi connectivity index (χ2v) is 6.79. The van der Waals surface area contributed by atoms with Gasteiger partial charge in [-0.2, -0.15) is 0 Å². The topological polar surface area (TPSA) is 17.8 Å². The number of fused-ring (bicyclic) bond motifs is 5. The number of nitrogens with zero attached hydrogens (tertiary/aromatic N) is 2. The van der Waals surface area contributed by atoms with Gasteiger partial charge in [-0.1, -0.05) is 52.3 Å². The molecule has 2 aromatic heterocycles. The van der Waals surface area contributed by atoms with Crippen LogP contribution < -0.4 is 0 Å². The fourth-order valence-electron chi connectivity index (χ4n) is 3.49. The van der Waals surface area contributed by atoms with Gasteiger partial charge in [-0.15, -0.1) is 0 Å². The van der Waals surface area contributed by atoms with Crippen LogP contribution in [0.25, 0.3) is 38.4 Å². The van der Waals surface area contributed by atoms with Crippen LogP contribution in [0.5, 0.6) is 0 Å². The lowest BCUT2D eigenvalue weighted by atomic mass is 10.0. The van der Waals surface area contributed by atoms with Crippen molar-refractivity contribution in [3.05, 3.63) is 83.5 Å². The SMILES string of the molecule is Brc1cccc(-n2c3ccc4ccccc4c3c3cccnc32)c1. The van der Waals surface area contributed by atoms with Crippen molar-refractivity contribution in [2.75, 3.05) is 0 Å². The second-order valence-electron chi connectivity index (χ2n) is 5.87. The highest BCUT2D eigenvalue weighted by atomic mass is 79.9. The summed E-state index contributed by atoms with van der Waals surface area (Å²) in [5.41, 5.74) is 3.28. The molecule has 2 heterocycles. The van der Waals surface area contributed by atoms with Crippen molar-refractivity contribution in [1.82, 2.24) is 9.55 Å². The number of pyridine rings is 1. The average molecular weight is 373 g/mol. The Morgan fingerprint density at radius 3 is 2.58 bits per heavy atom. The lowest BCUT2D eigenvalue weighted by Gasteiger charge is -2.08. The molecule has 0 fully saturated rings. The van der Waals surface area contributed by atoms with Gasteiger partial charge in [0.25, 0.3) is 0 Å². The first-order valence-electron chi connectivity index (χ1n) is 7.86. The summed E-state index contributed by atoms with van der Waals surface area (Å²) < 4.78 is 3.30. The molecule has 2 nitrogen and oxygen atoms in total. The van der Waals surface area contributed by atoms with Gasteiger partial charge in [-0.25, -0.2) is 4.98 Å². The summed E-state index contributed by atoms with van der Waals surface area (Å²) >= 11 is 3.58. The van der Waals surface area contributed by atoms with Crippen LogP contribution in [0.1, 0.15) is 0 Å². The van der Waals surface area contributed by atoms with E-state index in [1.54, 1.807) is 0 Å². The maximum absolute atomic E-state index is 4.68. The number of halogens is 1. The molecule has 0 N–H and O–H groups in total. The van der Waals surface area contributed by atoms with Crippen molar-refractivity contribution >= 4 is 48.6 Å². The van der Waals surface area contributed by atoms with Crippen molar-refractivity contribution in [3.63, 3.8) is 0 Å². The van der Waals surface area contributed by atoms with Crippen LogP contribution in [0.4, 0.5) is 0 Å². The van der Waals surface area contributed by atoms with Crippen LogP contribution in [0.2, 0.25) is 0 Å². The number of benzene rings is 3. The van der Waals surface area contributed by atoms with Gasteiger partial charge in [0.2, 0.25) is 0 Å². The van der Waals surface area contributed by atoms with E-state index in [1.807, 2.05) is 18.3 Å². The summed E-state index contributed by atoms with van der Waals surface area (Å²) in [6.45, 7) is 0. The minimum Gasteiger partial charge on any atom is -0.294 e. The Balaban J connectivity index is 2.04. The van der Waals surface area contributed by atoms with Gasteiger partial charge in [0.1, 0.15) is 5.65 Å². The molecular weight excluding hydrogens is 360 g/mol. The molecule has 24 heavy (non-hydrogen) atoms. The molecule has 0 aliphatic rings. The van der Waals surface area contributed by atoms with Crippen LogP contribution in [-0.4, -0.2) is 9.55 Å². The van der Waals surface area contributed by atoms with E-state index >= 15 is 0 Å². The summed E-state index contributed by atoms with van der Waals surface area (Å²) in [6, 6.07) is 25.4. The lowest BCUT2D eigenvalue weighted by molar-refractivity contribution is 1.13. The minimum atomic E-state index is 0.988. The molecule has 5 rings (SSSR count). The monoisotopic (exact) mass is 372 g/mol. The Morgan fingerprint density at radius 1 is 0.792 bits per heavy atom. The predicted octanol–water partition coefficient (Wildman–Crippen LogP) is 6.09. The van der Waals surface area contributed by atoms with Gasteiger partial charge in [-0.3, -0.25) is 4.57 Å². The number of aromatic nitrogens is 2. The number of hydrogen-bond donors (Lipinski definition) is 0. The summed E-state index contributed by atoms with van der Waals surface area (Å²) in [7, 11) is 0. The Kier molecular flexibility index (Phi) is 2.97. The van der Waals surface area contributed by atoms with Crippen molar-refractivity contribution in [2.24, 2.45) is 0 Å². The van der Waals surface area contributed by atoms with E-state index in [0.717, 1.165) is 15.8 Å². The number of hydrogen-bond acceptors (Lipinski definition) is 1. The van der Waals surface area contributed by atoms with E-state index in [2.05, 4.69) is 86.1 Å². The fraction of sp³-hybridized carbons (Fsp3) is 0. The van der Waals surface area contributed by atoms with Crippen LogP contribution in [0, 0.1) is 0 Å². The van der Waals surface area contributed by atoms with Crippen molar-refractivity contribution < 1.29 is 0 Å². The molecular formula is C21H13BrN2. The highest BCUT2D eigenvalue weighted by Crippen LogP contribution is 2.36. The largest absolute Gasteiger partial charge is 0.294 e. The molecule has 0 saturated heterocycles. The summed E-state index contributed by atoms with van der Waals surface area (Å²) in [4.78, 5) is 4.68. The van der Waals surface area contributed by atoms with Gasteiger partial charge in [-0.05, 0) is 47.2 Å². The Morgan fingerprint density at radius 2 is 1.67 bits per heavy atom. The summed E-state index contributed by atoms with van der Waals surface area (Å²) in [5.74, 6) is 0. The highest BCUT2D eigenvalue weighted by molar-refractivity contribution is 9.10. The molecule has 0 atom stereocenters. The smallest absolute Gasteiger partial charge is 0.145 e. The molecule has 0 saturated carbocycles. The molecule has 3 heteroatoms. The van der Waals surface area contributed by atoms with Gasteiger partial charge >= 0.3 is 0 Å². The summed E-state index contributed by atoms with van der Waals surface area (Å²) in [5, 5.41) is 4.96. The molecule has 0 aliphatic carbocycles. The molecule has 0 radical (unpaired) electrons. The molecule has 0 spiro atoms. The maximum Gasteiger partial charge on any atom is 0.145 e. The predicted molar refractivity (Wildman–Crippen MR) is 104 cm³/mol. The van der Waals surface area contributed by atoms with E-state index in [0.29, 0.717) is 0 Å². The summed E-state index contributed by atoms with van der Waals surface area (Å²) in [6.07, 6.45) is 1.86. The molecule has 0 unspecified atom stereocenters. The Hall–Kier alpha value is -2.65. The van der Waals surface area contributed by atoms with Gasteiger partial charge in [0, 0.05) is 27.1 Å². The molecule has 5 aromatic rings. The average Bonchev–Trinajstić information content (AvgIpc) is 2.96. The minimum absolute atomic E-state index is 0.988. The molecule has 3 aromatic carbocycles. The standard InChI is InChI=1S/C21H13BrN2/c22-15-6-3-7-16(13-15)24-19-11-10-14-5-1-2-8-17(14)20(19)18-9-4-12-23-21(18)24/h1-13H. The van der Waals surface area contributed by atoms with Crippen molar-refractivity contribution in [1.29, 1.82) is 0 Å². The molecule has 0 amide bonds. The maximum atomic E-state index is 4.68. The zero-order valence-electron chi connectivity index (χ0n) is 12.8. The normalized spacial score (nSPS) is 11.5. The Labute approximate surface area is 147 Å². The van der Waals surface area contributed by atoms with E-state index < -0.39 is 0 Å².